The molecule has 0 fully saturated rings. The zero-order valence-corrected chi connectivity index (χ0v) is 11.2. The monoisotopic (exact) mass is 258 g/mol. The molecule has 0 amide bonds. The average Bonchev–Trinajstić information content (AvgIpc) is 2.70. The minimum absolute atomic E-state index is 0.624. The lowest BCUT2D eigenvalue weighted by molar-refractivity contribution is 0.112. The molecule has 0 saturated carbocycles. The van der Waals surface area contributed by atoms with E-state index in [0.717, 1.165) is 30.2 Å². The first-order chi connectivity index (χ1) is 8.22. The predicted octanol–water partition coefficient (Wildman–Crippen LogP) is 1.36. The van der Waals surface area contributed by atoms with Gasteiger partial charge in [-0.05, 0) is 6.92 Å². The molecule has 17 heavy (non-hydrogen) atoms. The van der Waals surface area contributed by atoms with Crippen molar-refractivity contribution < 1.29 is 14.3 Å². The van der Waals surface area contributed by atoms with Crippen molar-refractivity contribution in [3.05, 3.63) is 10.6 Å². The molecule has 5 nitrogen and oxygen atoms in total. The first-order valence-corrected chi connectivity index (χ1v) is 6.20. The topological polar surface area (TPSA) is 51.7 Å². The van der Waals surface area contributed by atoms with E-state index in [1.54, 1.807) is 14.2 Å². The molecule has 0 aliphatic rings. The van der Waals surface area contributed by atoms with E-state index >= 15 is 0 Å². The van der Waals surface area contributed by atoms with Crippen molar-refractivity contribution in [2.45, 2.75) is 6.92 Å². The normalized spacial score (nSPS) is 10.5. The zero-order valence-electron chi connectivity index (χ0n) is 10.4. The minimum Gasteiger partial charge on any atom is -0.383 e. The van der Waals surface area contributed by atoms with Crippen LogP contribution < -0.4 is 4.90 Å². The van der Waals surface area contributed by atoms with Crippen LogP contribution in [-0.4, -0.2) is 51.8 Å². The number of aryl methyl sites for hydroxylation is 1. The second-order valence-corrected chi connectivity index (χ2v) is 4.55. The van der Waals surface area contributed by atoms with Gasteiger partial charge in [-0.25, -0.2) is 4.98 Å². The summed E-state index contributed by atoms with van der Waals surface area (Å²) in [5.74, 6) is 0. The third-order valence-corrected chi connectivity index (χ3v) is 3.47. The Morgan fingerprint density at radius 1 is 1.29 bits per heavy atom. The number of hydrogen-bond acceptors (Lipinski definition) is 6. The van der Waals surface area contributed by atoms with Crippen LogP contribution in [0.5, 0.6) is 0 Å². The van der Waals surface area contributed by atoms with Gasteiger partial charge >= 0.3 is 0 Å². The van der Waals surface area contributed by atoms with E-state index in [1.165, 1.54) is 11.3 Å². The van der Waals surface area contributed by atoms with Crippen LogP contribution in [0.4, 0.5) is 5.13 Å². The lowest BCUT2D eigenvalue weighted by Gasteiger charge is -2.20. The molecule has 0 unspecified atom stereocenters. The molecule has 0 aromatic carbocycles. The third-order valence-electron chi connectivity index (χ3n) is 2.33. The van der Waals surface area contributed by atoms with Crippen LogP contribution in [0.3, 0.4) is 0 Å². The standard InChI is InChI=1S/C11H18N2O3S/c1-9-10(8-14)17-11(12-9)13(4-6-15-2)5-7-16-3/h8H,4-7H2,1-3H3. The van der Waals surface area contributed by atoms with Crippen LogP contribution in [0.25, 0.3) is 0 Å². The Balaban J connectivity index is 2.75. The van der Waals surface area contributed by atoms with E-state index in [9.17, 15) is 4.79 Å². The van der Waals surface area contributed by atoms with Gasteiger partial charge in [0.15, 0.2) is 11.4 Å². The molecule has 1 rings (SSSR count). The Kier molecular flexibility index (Phi) is 6.10. The van der Waals surface area contributed by atoms with E-state index in [-0.39, 0.29) is 0 Å². The van der Waals surface area contributed by atoms with E-state index in [2.05, 4.69) is 9.88 Å². The predicted molar refractivity (Wildman–Crippen MR) is 68.2 cm³/mol. The highest BCUT2D eigenvalue weighted by atomic mass is 32.1. The van der Waals surface area contributed by atoms with Crippen molar-refractivity contribution in [1.29, 1.82) is 0 Å². The Morgan fingerprint density at radius 3 is 2.29 bits per heavy atom. The number of aromatic nitrogens is 1. The smallest absolute Gasteiger partial charge is 0.186 e. The Bertz CT molecular complexity index is 346. The summed E-state index contributed by atoms with van der Waals surface area (Å²) in [7, 11) is 3.33. The van der Waals surface area contributed by atoms with Crippen molar-refractivity contribution in [2.75, 3.05) is 45.4 Å². The zero-order chi connectivity index (χ0) is 12.7. The summed E-state index contributed by atoms with van der Waals surface area (Å²) in [5.41, 5.74) is 0.778. The van der Waals surface area contributed by atoms with Crippen LogP contribution in [0.2, 0.25) is 0 Å². The number of methoxy groups -OCH3 is 2. The largest absolute Gasteiger partial charge is 0.383 e. The van der Waals surface area contributed by atoms with Crippen LogP contribution in [0.15, 0.2) is 0 Å². The third kappa shape index (κ3) is 4.07. The SMILES string of the molecule is COCCN(CCOC)c1nc(C)c(C=O)s1. The Hall–Kier alpha value is -0.980. The molecule has 1 heterocycles. The number of thiazole rings is 1. The molecule has 0 atom stereocenters. The van der Waals surface area contributed by atoms with Gasteiger partial charge in [0.25, 0.3) is 0 Å². The van der Waals surface area contributed by atoms with Gasteiger partial charge in [-0.1, -0.05) is 11.3 Å². The maximum Gasteiger partial charge on any atom is 0.186 e. The molecular weight excluding hydrogens is 240 g/mol. The van der Waals surface area contributed by atoms with Crippen molar-refractivity contribution in [2.24, 2.45) is 0 Å². The van der Waals surface area contributed by atoms with Gasteiger partial charge in [0.05, 0.1) is 23.8 Å². The highest BCUT2D eigenvalue weighted by Gasteiger charge is 2.13. The summed E-state index contributed by atoms with van der Waals surface area (Å²) in [5, 5.41) is 0.846. The molecule has 0 aliphatic heterocycles. The van der Waals surface area contributed by atoms with Gasteiger partial charge in [0, 0.05) is 27.3 Å². The Morgan fingerprint density at radius 2 is 1.88 bits per heavy atom. The molecule has 96 valence electrons. The van der Waals surface area contributed by atoms with E-state index in [4.69, 9.17) is 9.47 Å². The number of carbonyl (C=O) groups is 1. The minimum atomic E-state index is 0.624. The summed E-state index contributed by atoms with van der Waals surface area (Å²) in [6, 6.07) is 0. The van der Waals surface area contributed by atoms with Gasteiger partial charge in [-0.3, -0.25) is 4.79 Å². The van der Waals surface area contributed by atoms with Crippen molar-refractivity contribution in [3.63, 3.8) is 0 Å². The number of nitrogens with zero attached hydrogens (tertiary/aromatic N) is 2. The first kappa shape index (κ1) is 14.1. The summed E-state index contributed by atoms with van der Waals surface area (Å²) in [6.07, 6.45) is 0.849. The molecular formula is C11H18N2O3S. The Labute approximate surface area is 105 Å². The quantitative estimate of drug-likeness (QED) is 0.659. The fourth-order valence-electron chi connectivity index (χ4n) is 1.34. The van der Waals surface area contributed by atoms with Crippen LogP contribution in [0.1, 0.15) is 15.4 Å². The van der Waals surface area contributed by atoms with Crippen LogP contribution >= 0.6 is 11.3 Å². The summed E-state index contributed by atoms with van der Waals surface area (Å²) >= 11 is 1.40. The molecule has 0 N–H and O–H groups in total. The van der Waals surface area contributed by atoms with Gasteiger partial charge in [-0.15, -0.1) is 0 Å². The maximum atomic E-state index is 10.8. The molecule has 0 spiro atoms. The highest BCUT2D eigenvalue weighted by Crippen LogP contribution is 2.24. The van der Waals surface area contributed by atoms with E-state index in [0.29, 0.717) is 18.1 Å². The number of anilines is 1. The molecule has 0 saturated heterocycles. The summed E-state index contributed by atoms with van der Waals surface area (Å²) < 4.78 is 10.1. The fraction of sp³-hybridized carbons (Fsp3) is 0.636. The number of hydrogen-bond donors (Lipinski definition) is 0. The van der Waals surface area contributed by atoms with Crippen molar-refractivity contribution >= 4 is 22.8 Å². The molecule has 0 aliphatic carbocycles. The average molecular weight is 258 g/mol. The molecule has 1 aromatic rings. The van der Waals surface area contributed by atoms with Crippen molar-refractivity contribution in [3.8, 4) is 0 Å². The number of rotatable bonds is 8. The summed E-state index contributed by atoms with van der Waals surface area (Å²) in [6.45, 7) is 4.57. The van der Waals surface area contributed by atoms with Crippen LogP contribution in [-0.2, 0) is 9.47 Å². The molecule has 0 bridgehead atoms. The number of aldehydes is 1. The molecule has 6 heteroatoms. The number of ether oxygens (including phenoxy) is 2. The lowest BCUT2D eigenvalue weighted by Crippen LogP contribution is -2.30. The second-order valence-electron chi connectivity index (χ2n) is 3.54. The molecule has 1 aromatic heterocycles. The van der Waals surface area contributed by atoms with Crippen molar-refractivity contribution in [1.82, 2.24) is 4.98 Å². The summed E-state index contributed by atoms with van der Waals surface area (Å²) in [4.78, 5) is 17.9. The van der Waals surface area contributed by atoms with E-state index < -0.39 is 0 Å². The highest BCUT2D eigenvalue weighted by molar-refractivity contribution is 7.17. The molecule has 0 radical (unpaired) electrons. The van der Waals surface area contributed by atoms with Gasteiger partial charge < -0.3 is 14.4 Å². The number of carbonyl (C=O) groups excluding carboxylic acids is 1. The van der Waals surface area contributed by atoms with Gasteiger partial charge in [0.1, 0.15) is 0 Å². The lowest BCUT2D eigenvalue weighted by atomic mass is 10.4. The fourth-order valence-corrected chi connectivity index (χ4v) is 2.28. The van der Waals surface area contributed by atoms with Gasteiger partial charge in [0.2, 0.25) is 0 Å². The maximum absolute atomic E-state index is 10.8. The second kappa shape index (κ2) is 7.37. The first-order valence-electron chi connectivity index (χ1n) is 5.38. The van der Waals surface area contributed by atoms with Gasteiger partial charge in [-0.2, -0.15) is 0 Å². The van der Waals surface area contributed by atoms with Crippen LogP contribution in [0, 0.1) is 6.92 Å². The van der Waals surface area contributed by atoms with E-state index in [1.807, 2.05) is 6.92 Å².